The molecule has 0 saturated heterocycles. The van der Waals surface area contributed by atoms with Crippen LogP contribution in [0.1, 0.15) is 26.7 Å². The summed E-state index contributed by atoms with van der Waals surface area (Å²) in [7, 11) is 0.358. The molecule has 0 saturated carbocycles. The maximum Gasteiger partial charge on any atom is 0.240 e. The zero-order chi connectivity index (χ0) is 16.8. The number of nitrogens with zero attached hydrogens (tertiary/aromatic N) is 1. The van der Waals surface area contributed by atoms with Crippen LogP contribution in [0.15, 0.2) is 29.2 Å². The molecule has 0 bridgehead atoms. The fourth-order valence-electron chi connectivity index (χ4n) is 1.81. The van der Waals surface area contributed by atoms with Gasteiger partial charge in [0.25, 0.3) is 0 Å². The van der Waals surface area contributed by atoms with Gasteiger partial charge >= 0.3 is 0 Å². The summed E-state index contributed by atoms with van der Waals surface area (Å²) >= 11 is 0. The van der Waals surface area contributed by atoms with Crippen LogP contribution in [0.4, 0.5) is 5.69 Å². The van der Waals surface area contributed by atoms with Crippen molar-refractivity contribution >= 4 is 21.6 Å². The average molecular weight is 327 g/mol. The second kappa shape index (κ2) is 8.26. The van der Waals surface area contributed by atoms with Gasteiger partial charge < -0.3 is 10.2 Å². The van der Waals surface area contributed by atoms with E-state index in [1.165, 1.54) is 12.1 Å². The molecule has 1 unspecified atom stereocenters. The zero-order valence-corrected chi connectivity index (χ0v) is 14.4. The molecular weight excluding hydrogens is 302 g/mol. The molecule has 6 nitrogen and oxygen atoms in total. The Labute approximate surface area is 132 Å². The molecule has 22 heavy (non-hydrogen) atoms. The van der Waals surface area contributed by atoms with Crippen molar-refractivity contribution in [3.63, 3.8) is 0 Å². The van der Waals surface area contributed by atoms with Crippen molar-refractivity contribution in [2.45, 2.75) is 37.6 Å². The van der Waals surface area contributed by atoms with Crippen molar-refractivity contribution in [1.29, 1.82) is 0 Å². The largest absolute Gasteiger partial charge is 0.326 e. The first kappa shape index (κ1) is 18.6. The molecular formula is C15H25N3O3S. The Hall–Kier alpha value is -1.44. The van der Waals surface area contributed by atoms with E-state index in [2.05, 4.69) is 10.0 Å². The Kier molecular flexibility index (Phi) is 6.99. The van der Waals surface area contributed by atoms with Crippen LogP contribution in [0.5, 0.6) is 0 Å². The van der Waals surface area contributed by atoms with Gasteiger partial charge in [-0.2, -0.15) is 0 Å². The summed E-state index contributed by atoms with van der Waals surface area (Å²) in [6.45, 7) is 4.41. The van der Waals surface area contributed by atoms with Crippen molar-refractivity contribution in [3.05, 3.63) is 24.3 Å². The van der Waals surface area contributed by atoms with Crippen LogP contribution in [0, 0.1) is 0 Å². The minimum atomic E-state index is -3.54. The van der Waals surface area contributed by atoms with Crippen molar-refractivity contribution in [2.75, 3.05) is 26.0 Å². The summed E-state index contributed by atoms with van der Waals surface area (Å²) in [5, 5.41) is 2.68. The van der Waals surface area contributed by atoms with Crippen LogP contribution in [-0.2, 0) is 14.8 Å². The van der Waals surface area contributed by atoms with Crippen LogP contribution in [0.25, 0.3) is 0 Å². The molecule has 0 aliphatic carbocycles. The van der Waals surface area contributed by atoms with Gasteiger partial charge in [0.15, 0.2) is 0 Å². The first-order valence-electron chi connectivity index (χ1n) is 7.31. The fourth-order valence-corrected chi connectivity index (χ4v) is 3.09. The molecule has 0 aromatic heterocycles. The van der Waals surface area contributed by atoms with Gasteiger partial charge in [-0.25, -0.2) is 13.1 Å². The Morgan fingerprint density at radius 1 is 1.23 bits per heavy atom. The zero-order valence-electron chi connectivity index (χ0n) is 13.6. The van der Waals surface area contributed by atoms with Crippen LogP contribution < -0.4 is 10.0 Å². The number of sulfonamides is 1. The van der Waals surface area contributed by atoms with Gasteiger partial charge in [-0.05, 0) is 58.3 Å². The number of carbonyl (C=O) groups excluding carboxylic acids is 1. The number of carbonyl (C=O) groups is 1. The highest BCUT2D eigenvalue weighted by Crippen LogP contribution is 2.15. The lowest BCUT2D eigenvalue weighted by molar-refractivity contribution is -0.115. The van der Waals surface area contributed by atoms with Gasteiger partial charge in [0, 0.05) is 18.2 Å². The normalized spacial score (nSPS) is 13.1. The second-order valence-electron chi connectivity index (χ2n) is 5.54. The molecule has 0 fully saturated rings. The predicted octanol–water partition coefficient (Wildman–Crippen LogP) is 1.65. The maximum absolute atomic E-state index is 12.3. The Morgan fingerprint density at radius 3 is 2.32 bits per heavy atom. The molecule has 1 aromatic carbocycles. The SMILES string of the molecule is CCC(=O)Nc1ccc(S(=O)(=O)NC(C)CCN(C)C)cc1. The lowest BCUT2D eigenvalue weighted by atomic mass is 10.2. The van der Waals surface area contributed by atoms with Crippen LogP contribution in [-0.4, -0.2) is 45.9 Å². The van der Waals surface area contributed by atoms with Gasteiger partial charge in [0.2, 0.25) is 15.9 Å². The Balaban J connectivity index is 2.70. The summed E-state index contributed by atoms with van der Waals surface area (Å²) in [4.78, 5) is 13.5. The van der Waals surface area contributed by atoms with E-state index in [4.69, 9.17) is 0 Å². The summed E-state index contributed by atoms with van der Waals surface area (Å²) in [6, 6.07) is 6.02. The Bertz CT molecular complexity index is 583. The first-order chi connectivity index (χ1) is 10.2. The molecule has 2 N–H and O–H groups in total. The average Bonchev–Trinajstić information content (AvgIpc) is 2.45. The molecule has 0 heterocycles. The second-order valence-corrected chi connectivity index (χ2v) is 7.25. The lowest BCUT2D eigenvalue weighted by Gasteiger charge is -2.17. The van der Waals surface area contributed by atoms with E-state index < -0.39 is 10.0 Å². The predicted molar refractivity (Wildman–Crippen MR) is 88.3 cm³/mol. The van der Waals surface area contributed by atoms with Gasteiger partial charge in [-0.1, -0.05) is 6.92 Å². The van der Waals surface area contributed by atoms with Gasteiger partial charge in [0.05, 0.1) is 4.90 Å². The van der Waals surface area contributed by atoms with Crippen LogP contribution in [0.2, 0.25) is 0 Å². The van der Waals surface area contributed by atoms with Crippen LogP contribution in [0.3, 0.4) is 0 Å². The monoisotopic (exact) mass is 327 g/mol. The van der Waals surface area contributed by atoms with E-state index in [0.717, 1.165) is 13.0 Å². The number of hydrogen-bond donors (Lipinski definition) is 2. The molecule has 7 heteroatoms. The highest BCUT2D eigenvalue weighted by atomic mass is 32.2. The summed E-state index contributed by atoms with van der Waals surface area (Å²) in [6.07, 6.45) is 1.11. The van der Waals surface area contributed by atoms with E-state index in [-0.39, 0.29) is 16.8 Å². The van der Waals surface area contributed by atoms with Gasteiger partial charge in [-0.3, -0.25) is 4.79 Å². The van der Waals surface area contributed by atoms with Gasteiger partial charge in [-0.15, -0.1) is 0 Å². The molecule has 124 valence electrons. The third-order valence-electron chi connectivity index (χ3n) is 3.14. The summed E-state index contributed by atoms with van der Waals surface area (Å²) < 4.78 is 27.2. The lowest BCUT2D eigenvalue weighted by Crippen LogP contribution is -2.34. The molecule has 0 aliphatic rings. The van der Waals surface area contributed by atoms with Crippen molar-refractivity contribution in [3.8, 4) is 0 Å². The van der Waals surface area contributed by atoms with Crippen molar-refractivity contribution in [2.24, 2.45) is 0 Å². The number of hydrogen-bond acceptors (Lipinski definition) is 4. The highest BCUT2D eigenvalue weighted by molar-refractivity contribution is 7.89. The molecule has 1 aromatic rings. The number of nitrogens with one attached hydrogen (secondary N) is 2. The third kappa shape index (κ3) is 6.13. The van der Waals surface area contributed by atoms with E-state index in [9.17, 15) is 13.2 Å². The number of amides is 1. The number of rotatable bonds is 8. The quantitative estimate of drug-likeness (QED) is 0.761. The summed E-state index contributed by atoms with van der Waals surface area (Å²) in [5.74, 6) is -0.106. The Morgan fingerprint density at radius 2 is 1.82 bits per heavy atom. The molecule has 1 rings (SSSR count). The molecule has 0 radical (unpaired) electrons. The molecule has 0 aliphatic heterocycles. The van der Waals surface area contributed by atoms with E-state index >= 15 is 0 Å². The smallest absolute Gasteiger partial charge is 0.240 e. The third-order valence-corrected chi connectivity index (χ3v) is 4.74. The number of anilines is 1. The maximum atomic E-state index is 12.3. The minimum Gasteiger partial charge on any atom is -0.326 e. The fraction of sp³-hybridized carbons (Fsp3) is 0.533. The van der Waals surface area contributed by atoms with E-state index in [1.54, 1.807) is 19.1 Å². The van der Waals surface area contributed by atoms with E-state index in [1.807, 2.05) is 25.9 Å². The molecule has 0 spiro atoms. The van der Waals surface area contributed by atoms with Gasteiger partial charge in [0.1, 0.15) is 0 Å². The van der Waals surface area contributed by atoms with Crippen molar-refractivity contribution < 1.29 is 13.2 Å². The number of benzene rings is 1. The summed E-state index contributed by atoms with van der Waals surface area (Å²) in [5.41, 5.74) is 0.589. The van der Waals surface area contributed by atoms with E-state index in [0.29, 0.717) is 12.1 Å². The highest BCUT2D eigenvalue weighted by Gasteiger charge is 2.17. The minimum absolute atomic E-state index is 0.106. The topological polar surface area (TPSA) is 78.5 Å². The molecule has 1 atom stereocenters. The molecule has 1 amide bonds. The first-order valence-corrected chi connectivity index (χ1v) is 8.80. The van der Waals surface area contributed by atoms with Crippen LogP contribution >= 0.6 is 0 Å². The van der Waals surface area contributed by atoms with Crippen molar-refractivity contribution in [1.82, 2.24) is 9.62 Å². The standard InChI is InChI=1S/C15H25N3O3S/c1-5-15(19)16-13-6-8-14(9-7-13)22(20,21)17-12(2)10-11-18(3)4/h6-9,12,17H,5,10-11H2,1-4H3,(H,16,19).